The molecular formula is C10H21N3O2. The highest BCUT2D eigenvalue weighted by Gasteiger charge is 2.29. The molecule has 3 N–H and O–H groups in total. The summed E-state index contributed by atoms with van der Waals surface area (Å²) in [6.07, 6.45) is 0. The van der Waals surface area contributed by atoms with E-state index in [1.807, 2.05) is 6.92 Å². The first-order valence-corrected chi connectivity index (χ1v) is 5.43. The summed E-state index contributed by atoms with van der Waals surface area (Å²) in [5, 5.41) is 11.5. The van der Waals surface area contributed by atoms with Crippen LogP contribution in [0, 0.1) is 11.8 Å². The molecule has 1 fully saturated rings. The molecule has 2 atom stereocenters. The van der Waals surface area contributed by atoms with Gasteiger partial charge in [0.1, 0.15) is 0 Å². The Kier molecular flexibility index (Phi) is 4.84. The molecule has 0 spiro atoms. The number of amidine groups is 1. The first kappa shape index (κ1) is 12.3. The third-order valence-electron chi connectivity index (χ3n) is 2.89. The SMILES string of the molecule is CCOC[C@H]1CN(CC(N)=NO)C[C@@H]1C. The number of nitrogens with zero attached hydrogens (tertiary/aromatic N) is 2. The smallest absolute Gasteiger partial charge is 0.153 e. The number of oxime groups is 1. The molecule has 1 saturated heterocycles. The molecule has 1 heterocycles. The van der Waals surface area contributed by atoms with E-state index < -0.39 is 0 Å². The maximum Gasteiger partial charge on any atom is 0.153 e. The van der Waals surface area contributed by atoms with E-state index in [-0.39, 0.29) is 5.84 Å². The van der Waals surface area contributed by atoms with E-state index in [2.05, 4.69) is 17.0 Å². The Morgan fingerprint density at radius 1 is 1.60 bits per heavy atom. The van der Waals surface area contributed by atoms with Crippen molar-refractivity contribution in [3.8, 4) is 0 Å². The lowest BCUT2D eigenvalue weighted by atomic mass is 9.99. The molecule has 0 bridgehead atoms. The van der Waals surface area contributed by atoms with Crippen molar-refractivity contribution in [3.05, 3.63) is 0 Å². The molecule has 0 aromatic heterocycles. The second-order valence-electron chi connectivity index (χ2n) is 4.18. The van der Waals surface area contributed by atoms with Crippen LogP contribution in [-0.2, 0) is 4.74 Å². The van der Waals surface area contributed by atoms with E-state index in [1.165, 1.54) is 0 Å². The fraction of sp³-hybridized carbons (Fsp3) is 0.900. The Hall–Kier alpha value is -0.810. The normalized spacial score (nSPS) is 28.5. The molecule has 0 aromatic rings. The van der Waals surface area contributed by atoms with Gasteiger partial charge in [0, 0.05) is 19.7 Å². The van der Waals surface area contributed by atoms with Crippen LogP contribution in [0.15, 0.2) is 5.16 Å². The van der Waals surface area contributed by atoms with Crippen molar-refractivity contribution in [3.63, 3.8) is 0 Å². The average molecular weight is 215 g/mol. The van der Waals surface area contributed by atoms with Crippen molar-refractivity contribution in [2.45, 2.75) is 13.8 Å². The van der Waals surface area contributed by atoms with Crippen LogP contribution in [0.2, 0.25) is 0 Å². The summed E-state index contributed by atoms with van der Waals surface area (Å²) in [5.74, 6) is 1.46. The highest BCUT2D eigenvalue weighted by Crippen LogP contribution is 2.22. The number of nitrogens with two attached hydrogens (primary N) is 1. The Morgan fingerprint density at radius 3 is 2.93 bits per heavy atom. The van der Waals surface area contributed by atoms with Gasteiger partial charge in [0.05, 0.1) is 13.2 Å². The van der Waals surface area contributed by atoms with E-state index in [1.54, 1.807) is 0 Å². The minimum Gasteiger partial charge on any atom is -0.409 e. The van der Waals surface area contributed by atoms with Crippen molar-refractivity contribution in [2.24, 2.45) is 22.7 Å². The van der Waals surface area contributed by atoms with Crippen molar-refractivity contribution < 1.29 is 9.94 Å². The van der Waals surface area contributed by atoms with Crippen molar-refractivity contribution in [1.82, 2.24) is 4.90 Å². The Bertz CT molecular complexity index is 221. The van der Waals surface area contributed by atoms with Gasteiger partial charge in [-0.1, -0.05) is 12.1 Å². The number of rotatable bonds is 5. The first-order valence-electron chi connectivity index (χ1n) is 5.43. The first-order chi connectivity index (χ1) is 7.17. The van der Waals surface area contributed by atoms with Crippen LogP contribution >= 0.6 is 0 Å². The fourth-order valence-corrected chi connectivity index (χ4v) is 2.02. The third kappa shape index (κ3) is 3.68. The minimum atomic E-state index is 0.277. The van der Waals surface area contributed by atoms with E-state index in [4.69, 9.17) is 15.7 Å². The van der Waals surface area contributed by atoms with Gasteiger partial charge >= 0.3 is 0 Å². The second kappa shape index (κ2) is 5.92. The molecule has 1 aliphatic rings. The van der Waals surface area contributed by atoms with Gasteiger partial charge in [-0.25, -0.2) is 0 Å². The molecule has 0 saturated carbocycles. The van der Waals surface area contributed by atoms with Gasteiger partial charge in [0.2, 0.25) is 0 Å². The van der Waals surface area contributed by atoms with Crippen LogP contribution in [0.5, 0.6) is 0 Å². The van der Waals surface area contributed by atoms with E-state index in [9.17, 15) is 0 Å². The van der Waals surface area contributed by atoms with Crippen LogP contribution < -0.4 is 5.73 Å². The standard InChI is InChI=1S/C10H21N3O2/c1-3-15-7-9-5-13(4-8(9)2)6-10(11)12-14/h8-9,14H,3-7H2,1-2H3,(H2,11,12)/t8-,9+/m0/s1. The average Bonchev–Trinajstić information content (AvgIpc) is 2.55. The summed E-state index contributed by atoms with van der Waals surface area (Å²) in [4.78, 5) is 2.20. The monoisotopic (exact) mass is 215 g/mol. The topological polar surface area (TPSA) is 71.1 Å². The zero-order valence-corrected chi connectivity index (χ0v) is 9.52. The summed E-state index contributed by atoms with van der Waals surface area (Å²) in [7, 11) is 0. The number of hydrogen-bond donors (Lipinski definition) is 2. The van der Waals surface area contributed by atoms with Gasteiger partial charge in [-0.05, 0) is 18.8 Å². The maximum absolute atomic E-state index is 8.48. The third-order valence-corrected chi connectivity index (χ3v) is 2.89. The minimum absolute atomic E-state index is 0.277. The van der Waals surface area contributed by atoms with Gasteiger partial charge in [0.15, 0.2) is 5.84 Å². The summed E-state index contributed by atoms with van der Waals surface area (Å²) in [5.41, 5.74) is 5.47. The molecule has 0 aliphatic carbocycles. The largest absolute Gasteiger partial charge is 0.409 e. The molecule has 0 amide bonds. The van der Waals surface area contributed by atoms with E-state index >= 15 is 0 Å². The summed E-state index contributed by atoms with van der Waals surface area (Å²) in [6.45, 7) is 8.31. The van der Waals surface area contributed by atoms with Crippen LogP contribution in [0.25, 0.3) is 0 Å². The Labute approximate surface area is 90.9 Å². The molecular weight excluding hydrogens is 194 g/mol. The van der Waals surface area contributed by atoms with Gasteiger partial charge in [-0.3, -0.25) is 4.90 Å². The highest BCUT2D eigenvalue weighted by molar-refractivity contribution is 5.81. The lowest BCUT2D eigenvalue weighted by Gasteiger charge is -2.14. The molecule has 0 radical (unpaired) electrons. The Morgan fingerprint density at radius 2 is 2.33 bits per heavy atom. The van der Waals surface area contributed by atoms with Crippen LogP contribution in [0.4, 0.5) is 0 Å². The Balaban J connectivity index is 2.34. The lowest BCUT2D eigenvalue weighted by molar-refractivity contribution is 0.102. The van der Waals surface area contributed by atoms with Crippen LogP contribution in [0.1, 0.15) is 13.8 Å². The quantitative estimate of drug-likeness (QED) is 0.300. The molecule has 1 rings (SSSR count). The van der Waals surface area contributed by atoms with E-state index in [0.717, 1.165) is 26.3 Å². The van der Waals surface area contributed by atoms with Crippen LogP contribution in [-0.4, -0.2) is 48.8 Å². The van der Waals surface area contributed by atoms with Crippen molar-refractivity contribution >= 4 is 5.84 Å². The zero-order chi connectivity index (χ0) is 11.3. The van der Waals surface area contributed by atoms with Gasteiger partial charge in [-0.15, -0.1) is 0 Å². The van der Waals surface area contributed by atoms with Crippen LogP contribution in [0.3, 0.4) is 0 Å². The van der Waals surface area contributed by atoms with E-state index in [0.29, 0.717) is 18.4 Å². The second-order valence-corrected chi connectivity index (χ2v) is 4.18. The summed E-state index contributed by atoms with van der Waals surface area (Å²) in [6, 6.07) is 0. The lowest BCUT2D eigenvalue weighted by Crippen LogP contribution is -2.32. The highest BCUT2D eigenvalue weighted by atomic mass is 16.5. The van der Waals surface area contributed by atoms with Crippen molar-refractivity contribution in [1.29, 1.82) is 0 Å². The van der Waals surface area contributed by atoms with Gasteiger partial charge < -0.3 is 15.7 Å². The molecule has 5 nitrogen and oxygen atoms in total. The summed E-state index contributed by atoms with van der Waals surface area (Å²) >= 11 is 0. The molecule has 1 aliphatic heterocycles. The predicted molar refractivity (Wildman–Crippen MR) is 59.0 cm³/mol. The molecule has 15 heavy (non-hydrogen) atoms. The predicted octanol–water partition coefficient (Wildman–Crippen LogP) is 0.337. The van der Waals surface area contributed by atoms with Crippen molar-refractivity contribution in [2.75, 3.05) is 32.8 Å². The molecule has 0 aromatic carbocycles. The molecule has 88 valence electrons. The maximum atomic E-state index is 8.48. The molecule has 0 unspecified atom stereocenters. The van der Waals surface area contributed by atoms with Gasteiger partial charge in [-0.2, -0.15) is 0 Å². The van der Waals surface area contributed by atoms with Gasteiger partial charge in [0.25, 0.3) is 0 Å². The number of ether oxygens (including phenoxy) is 1. The zero-order valence-electron chi connectivity index (χ0n) is 9.52. The molecule has 5 heteroatoms. The fourth-order valence-electron chi connectivity index (χ4n) is 2.02. The summed E-state index contributed by atoms with van der Waals surface area (Å²) < 4.78 is 5.43. The number of likely N-dealkylation sites (tertiary alicyclic amines) is 1. The number of hydrogen-bond acceptors (Lipinski definition) is 4.